The van der Waals surface area contributed by atoms with E-state index in [1.54, 1.807) is 6.92 Å². The molecule has 0 radical (unpaired) electrons. The molecule has 0 atom stereocenters. The monoisotopic (exact) mass is 188 g/mol. The number of pyridine rings is 1. The lowest BCUT2D eigenvalue weighted by Crippen LogP contribution is -1.95. The van der Waals surface area contributed by atoms with Gasteiger partial charge in [-0.05, 0) is 25.5 Å². The van der Waals surface area contributed by atoms with Crippen LogP contribution in [-0.2, 0) is 11.2 Å². The maximum absolute atomic E-state index is 10.9. The third-order valence-corrected chi connectivity index (χ3v) is 2.16. The molecule has 0 unspecified atom stereocenters. The number of ketones is 1. The second-order valence-electron chi connectivity index (χ2n) is 3.53. The summed E-state index contributed by atoms with van der Waals surface area (Å²) in [6, 6.07) is 3.99. The van der Waals surface area contributed by atoms with Crippen LogP contribution in [0.3, 0.4) is 0 Å². The van der Waals surface area contributed by atoms with Gasteiger partial charge in [0.1, 0.15) is 11.4 Å². The van der Waals surface area contributed by atoms with Crippen molar-refractivity contribution in [3.63, 3.8) is 0 Å². The molecule has 0 aliphatic heterocycles. The number of hydrogen-bond donors (Lipinski definition) is 0. The molecule has 2 heterocycles. The molecule has 2 rings (SSSR count). The van der Waals surface area contributed by atoms with Crippen molar-refractivity contribution in [1.82, 2.24) is 9.38 Å². The second kappa shape index (κ2) is 3.25. The molecular weight excluding hydrogens is 176 g/mol. The van der Waals surface area contributed by atoms with Gasteiger partial charge in [-0.3, -0.25) is 4.79 Å². The van der Waals surface area contributed by atoms with Crippen LogP contribution in [0.1, 0.15) is 18.2 Å². The average molecular weight is 188 g/mol. The van der Waals surface area contributed by atoms with E-state index in [1.165, 1.54) is 0 Å². The maximum Gasteiger partial charge on any atom is 0.139 e. The summed E-state index contributed by atoms with van der Waals surface area (Å²) in [6.07, 6.45) is 4.27. The summed E-state index contributed by atoms with van der Waals surface area (Å²) in [7, 11) is 0. The molecule has 2 aromatic rings. The van der Waals surface area contributed by atoms with E-state index in [1.807, 2.05) is 35.9 Å². The molecule has 14 heavy (non-hydrogen) atoms. The summed E-state index contributed by atoms with van der Waals surface area (Å²) in [5.41, 5.74) is 2.90. The maximum atomic E-state index is 10.9. The van der Waals surface area contributed by atoms with E-state index in [0.29, 0.717) is 6.42 Å². The molecule has 0 aliphatic rings. The topological polar surface area (TPSA) is 34.4 Å². The number of imidazole rings is 1. The zero-order valence-corrected chi connectivity index (χ0v) is 8.32. The van der Waals surface area contributed by atoms with E-state index in [4.69, 9.17) is 0 Å². The lowest BCUT2D eigenvalue weighted by Gasteiger charge is -1.93. The van der Waals surface area contributed by atoms with Crippen LogP contribution in [-0.4, -0.2) is 15.2 Å². The van der Waals surface area contributed by atoms with E-state index < -0.39 is 0 Å². The first-order chi connectivity index (χ1) is 6.66. The minimum Gasteiger partial charge on any atom is -0.307 e. The predicted octanol–water partition coefficient (Wildman–Crippen LogP) is 1.77. The van der Waals surface area contributed by atoms with Gasteiger partial charge in [-0.1, -0.05) is 6.07 Å². The Morgan fingerprint density at radius 2 is 2.36 bits per heavy atom. The van der Waals surface area contributed by atoms with Crippen LogP contribution in [0.4, 0.5) is 0 Å². The summed E-state index contributed by atoms with van der Waals surface area (Å²) < 4.78 is 1.95. The molecule has 0 saturated carbocycles. The Hall–Kier alpha value is -1.64. The van der Waals surface area contributed by atoms with Gasteiger partial charge >= 0.3 is 0 Å². The smallest absolute Gasteiger partial charge is 0.139 e. The fraction of sp³-hybridized carbons (Fsp3) is 0.273. The number of carbonyl (C=O) groups is 1. The first-order valence-corrected chi connectivity index (χ1v) is 4.59. The molecule has 0 N–H and O–H groups in total. The lowest BCUT2D eigenvalue weighted by molar-refractivity contribution is -0.116. The van der Waals surface area contributed by atoms with Crippen molar-refractivity contribution in [2.24, 2.45) is 0 Å². The number of fused-ring (bicyclic) bond motifs is 1. The minimum absolute atomic E-state index is 0.144. The van der Waals surface area contributed by atoms with Gasteiger partial charge in [0, 0.05) is 18.8 Å². The zero-order valence-electron chi connectivity index (χ0n) is 8.32. The highest BCUT2D eigenvalue weighted by molar-refractivity contribution is 5.77. The van der Waals surface area contributed by atoms with Crippen molar-refractivity contribution < 1.29 is 4.79 Å². The van der Waals surface area contributed by atoms with E-state index in [9.17, 15) is 4.79 Å². The zero-order chi connectivity index (χ0) is 10.1. The van der Waals surface area contributed by atoms with Crippen molar-refractivity contribution in [2.75, 3.05) is 0 Å². The van der Waals surface area contributed by atoms with Gasteiger partial charge in [0.15, 0.2) is 0 Å². The van der Waals surface area contributed by atoms with Gasteiger partial charge in [0.05, 0.1) is 5.69 Å². The third-order valence-electron chi connectivity index (χ3n) is 2.16. The Labute approximate surface area is 82.4 Å². The van der Waals surface area contributed by atoms with Crippen LogP contribution in [0.15, 0.2) is 24.5 Å². The molecule has 0 aliphatic carbocycles. The van der Waals surface area contributed by atoms with Crippen molar-refractivity contribution in [3.05, 3.63) is 35.8 Å². The molecule has 3 nitrogen and oxygen atoms in total. The van der Waals surface area contributed by atoms with E-state index in [2.05, 4.69) is 4.98 Å². The first-order valence-electron chi connectivity index (χ1n) is 4.59. The summed E-state index contributed by atoms with van der Waals surface area (Å²) in [6.45, 7) is 3.59. The summed E-state index contributed by atoms with van der Waals surface area (Å²) >= 11 is 0. The highest BCUT2D eigenvalue weighted by atomic mass is 16.1. The van der Waals surface area contributed by atoms with Crippen LogP contribution in [0, 0.1) is 6.92 Å². The molecule has 0 saturated heterocycles. The number of hydrogen-bond acceptors (Lipinski definition) is 2. The number of rotatable bonds is 2. The number of carbonyl (C=O) groups excluding carboxylic acids is 1. The van der Waals surface area contributed by atoms with Gasteiger partial charge in [0.25, 0.3) is 0 Å². The summed E-state index contributed by atoms with van der Waals surface area (Å²) in [5, 5.41) is 0. The number of Topliss-reactive ketones (excluding diaryl/α,β-unsaturated/α-hetero) is 1. The highest BCUT2D eigenvalue weighted by Crippen LogP contribution is 2.10. The molecule has 0 bridgehead atoms. The third kappa shape index (κ3) is 1.53. The molecule has 0 aromatic carbocycles. The van der Waals surface area contributed by atoms with E-state index in [0.717, 1.165) is 16.9 Å². The minimum atomic E-state index is 0.144. The van der Waals surface area contributed by atoms with Crippen LogP contribution in [0.5, 0.6) is 0 Å². The van der Waals surface area contributed by atoms with E-state index in [-0.39, 0.29) is 5.78 Å². The van der Waals surface area contributed by atoms with Gasteiger partial charge < -0.3 is 4.40 Å². The average Bonchev–Trinajstić information content (AvgIpc) is 2.47. The summed E-state index contributed by atoms with van der Waals surface area (Å²) in [4.78, 5) is 15.3. The van der Waals surface area contributed by atoms with Crippen molar-refractivity contribution in [1.29, 1.82) is 0 Å². The van der Waals surface area contributed by atoms with Crippen molar-refractivity contribution in [2.45, 2.75) is 20.3 Å². The Morgan fingerprint density at radius 1 is 1.57 bits per heavy atom. The summed E-state index contributed by atoms with van der Waals surface area (Å²) in [5.74, 6) is 0.144. The van der Waals surface area contributed by atoms with Gasteiger partial charge in [-0.2, -0.15) is 0 Å². The number of aryl methyl sites for hydroxylation is 1. The van der Waals surface area contributed by atoms with Crippen LogP contribution in [0.25, 0.3) is 5.65 Å². The molecule has 3 heteroatoms. The molecular formula is C11H12N2O. The highest BCUT2D eigenvalue weighted by Gasteiger charge is 2.04. The van der Waals surface area contributed by atoms with E-state index >= 15 is 0 Å². The normalized spacial score (nSPS) is 10.7. The van der Waals surface area contributed by atoms with Gasteiger partial charge in [0.2, 0.25) is 0 Å². The quantitative estimate of drug-likeness (QED) is 0.719. The largest absolute Gasteiger partial charge is 0.307 e. The molecule has 0 spiro atoms. The van der Waals surface area contributed by atoms with Crippen LogP contribution < -0.4 is 0 Å². The SMILES string of the molecule is CC(=O)Cc1cn2cccc(C)c2n1. The number of aromatic nitrogens is 2. The first kappa shape index (κ1) is 8.94. The molecule has 0 fully saturated rings. The molecule has 0 amide bonds. The predicted molar refractivity (Wildman–Crippen MR) is 54.3 cm³/mol. The molecule has 2 aromatic heterocycles. The fourth-order valence-electron chi connectivity index (χ4n) is 1.54. The molecule has 72 valence electrons. The number of nitrogens with zero attached hydrogens (tertiary/aromatic N) is 2. The van der Waals surface area contributed by atoms with Crippen molar-refractivity contribution >= 4 is 11.4 Å². The Kier molecular flexibility index (Phi) is 2.08. The fourth-order valence-corrected chi connectivity index (χ4v) is 1.54. The second-order valence-corrected chi connectivity index (χ2v) is 3.53. The Bertz CT molecular complexity index is 485. The van der Waals surface area contributed by atoms with Crippen LogP contribution >= 0.6 is 0 Å². The lowest BCUT2D eigenvalue weighted by atomic mass is 10.2. The van der Waals surface area contributed by atoms with Gasteiger partial charge in [-0.25, -0.2) is 4.98 Å². The van der Waals surface area contributed by atoms with Crippen molar-refractivity contribution in [3.8, 4) is 0 Å². The Morgan fingerprint density at radius 3 is 3.00 bits per heavy atom. The standard InChI is InChI=1S/C11H12N2O/c1-8-4-3-5-13-7-10(6-9(2)14)12-11(8)13/h3-5,7H,6H2,1-2H3. The van der Waals surface area contributed by atoms with Gasteiger partial charge in [-0.15, -0.1) is 0 Å². The Balaban J connectivity index is 2.51. The van der Waals surface area contributed by atoms with Crippen LogP contribution in [0.2, 0.25) is 0 Å².